The summed E-state index contributed by atoms with van der Waals surface area (Å²) in [5, 5.41) is -0.139. The Morgan fingerprint density at radius 1 is 1.48 bits per heavy atom. The number of ether oxygens (including phenoxy) is 1. The summed E-state index contributed by atoms with van der Waals surface area (Å²) in [5.41, 5.74) is 1.75. The molecule has 3 rings (SSSR count). The highest BCUT2D eigenvalue weighted by Crippen LogP contribution is 2.40. The average Bonchev–Trinajstić information content (AvgIpc) is 3.03. The number of nitrogens with zero attached hydrogens (tertiary/aromatic N) is 3. The number of hydrogen-bond donors (Lipinski definition) is 0. The van der Waals surface area contributed by atoms with Crippen molar-refractivity contribution in [3.8, 4) is 5.88 Å². The molecular formula is C15H20ClN3OS. The van der Waals surface area contributed by atoms with Crippen molar-refractivity contribution in [1.82, 2.24) is 14.5 Å². The molecule has 2 aromatic heterocycles. The Kier molecular flexibility index (Phi) is 4.06. The van der Waals surface area contributed by atoms with E-state index in [0.717, 1.165) is 23.5 Å². The van der Waals surface area contributed by atoms with E-state index in [0.29, 0.717) is 5.88 Å². The minimum Gasteiger partial charge on any atom is -0.481 e. The number of hydrogen-bond acceptors (Lipinski definition) is 4. The number of halogens is 1. The lowest BCUT2D eigenvalue weighted by atomic mass is 10.1. The smallest absolute Gasteiger partial charge is 0.215 e. The van der Waals surface area contributed by atoms with Gasteiger partial charge in [-0.1, -0.05) is 0 Å². The van der Waals surface area contributed by atoms with Crippen LogP contribution < -0.4 is 4.74 Å². The molecule has 2 unspecified atom stereocenters. The minimum atomic E-state index is -0.139. The van der Waals surface area contributed by atoms with E-state index in [1.807, 2.05) is 30.8 Å². The van der Waals surface area contributed by atoms with Crippen LogP contribution in [0.25, 0.3) is 11.2 Å². The maximum Gasteiger partial charge on any atom is 0.215 e. The number of alkyl halides is 1. The molecule has 0 amide bonds. The zero-order chi connectivity index (χ0) is 15.0. The lowest BCUT2D eigenvalue weighted by Gasteiger charge is -2.24. The largest absolute Gasteiger partial charge is 0.481 e. The van der Waals surface area contributed by atoms with Gasteiger partial charge in [0.15, 0.2) is 5.65 Å². The molecule has 1 aliphatic rings. The molecule has 114 valence electrons. The molecular weight excluding hydrogens is 306 g/mol. The van der Waals surface area contributed by atoms with Crippen LogP contribution in [0.5, 0.6) is 5.88 Å². The van der Waals surface area contributed by atoms with Crippen LogP contribution in [0.2, 0.25) is 0 Å². The van der Waals surface area contributed by atoms with Gasteiger partial charge in [0.25, 0.3) is 0 Å². The summed E-state index contributed by atoms with van der Waals surface area (Å²) in [6.45, 7) is 5.17. The number of methoxy groups -OCH3 is 1. The summed E-state index contributed by atoms with van der Waals surface area (Å²) in [5.74, 6) is 2.73. The fourth-order valence-electron chi connectivity index (χ4n) is 2.87. The minimum absolute atomic E-state index is 0.139. The lowest BCUT2D eigenvalue weighted by molar-refractivity contribution is 0.398. The van der Waals surface area contributed by atoms with Gasteiger partial charge in [0.1, 0.15) is 11.3 Å². The van der Waals surface area contributed by atoms with E-state index in [4.69, 9.17) is 16.3 Å². The van der Waals surface area contributed by atoms with Gasteiger partial charge < -0.3 is 9.30 Å². The molecule has 0 saturated carbocycles. The fraction of sp³-hybridized carbons (Fsp3) is 0.600. The second kappa shape index (κ2) is 5.69. The number of fused-ring (bicyclic) bond motifs is 1. The van der Waals surface area contributed by atoms with Crippen LogP contribution in [-0.2, 0) is 6.54 Å². The first-order chi connectivity index (χ1) is 10.0. The first-order valence-electron chi connectivity index (χ1n) is 7.22. The number of thioether (sulfide) groups is 1. The predicted molar refractivity (Wildman–Crippen MR) is 88.4 cm³/mol. The van der Waals surface area contributed by atoms with Crippen LogP contribution in [0.3, 0.4) is 0 Å². The van der Waals surface area contributed by atoms with Gasteiger partial charge in [-0.25, -0.2) is 4.98 Å². The van der Waals surface area contributed by atoms with Crippen LogP contribution in [0.15, 0.2) is 12.1 Å². The molecule has 0 aromatic carbocycles. The molecule has 0 N–H and O–H groups in total. The first kappa shape index (κ1) is 15.0. The molecule has 6 heteroatoms. The molecule has 1 aliphatic heterocycles. The Balaban J connectivity index is 2.10. The highest BCUT2D eigenvalue weighted by molar-refractivity contribution is 8.00. The fourth-order valence-corrected chi connectivity index (χ4v) is 4.33. The van der Waals surface area contributed by atoms with Gasteiger partial charge in [-0.3, -0.25) is 0 Å². The normalized spacial score (nSPS) is 23.6. The first-order valence-corrected chi connectivity index (χ1v) is 8.64. The second-order valence-corrected chi connectivity index (χ2v) is 8.11. The summed E-state index contributed by atoms with van der Waals surface area (Å²) in [6, 6.07) is 3.79. The quantitative estimate of drug-likeness (QED) is 0.796. The number of aromatic nitrogens is 3. The van der Waals surface area contributed by atoms with Gasteiger partial charge >= 0.3 is 0 Å². The van der Waals surface area contributed by atoms with E-state index in [1.54, 1.807) is 7.11 Å². The van der Waals surface area contributed by atoms with Crippen molar-refractivity contribution < 1.29 is 4.74 Å². The van der Waals surface area contributed by atoms with Gasteiger partial charge in [-0.2, -0.15) is 16.7 Å². The zero-order valence-electron chi connectivity index (χ0n) is 12.6. The molecule has 0 radical (unpaired) electrons. The van der Waals surface area contributed by atoms with Gasteiger partial charge in [-0.05, 0) is 38.5 Å². The van der Waals surface area contributed by atoms with Crippen molar-refractivity contribution in [2.45, 2.75) is 43.4 Å². The highest BCUT2D eigenvalue weighted by Gasteiger charge is 2.32. The van der Waals surface area contributed by atoms with Crippen molar-refractivity contribution in [3.05, 3.63) is 18.0 Å². The van der Waals surface area contributed by atoms with Crippen molar-refractivity contribution in [1.29, 1.82) is 0 Å². The van der Waals surface area contributed by atoms with Crippen LogP contribution in [0.1, 0.15) is 37.9 Å². The van der Waals surface area contributed by atoms with Crippen LogP contribution in [0.4, 0.5) is 0 Å². The Morgan fingerprint density at radius 2 is 2.29 bits per heavy atom. The summed E-state index contributed by atoms with van der Waals surface area (Å²) >= 11 is 8.37. The van der Waals surface area contributed by atoms with Crippen LogP contribution in [-0.4, -0.2) is 32.1 Å². The van der Waals surface area contributed by atoms with E-state index in [-0.39, 0.29) is 10.1 Å². The zero-order valence-corrected chi connectivity index (χ0v) is 14.2. The van der Waals surface area contributed by atoms with Crippen molar-refractivity contribution in [2.24, 2.45) is 0 Å². The van der Waals surface area contributed by atoms with Crippen molar-refractivity contribution in [2.75, 3.05) is 12.9 Å². The third kappa shape index (κ3) is 2.86. The van der Waals surface area contributed by atoms with E-state index >= 15 is 0 Å². The third-order valence-corrected chi connectivity index (χ3v) is 5.67. The molecule has 0 aliphatic carbocycles. The number of rotatable bonds is 4. The molecule has 0 bridgehead atoms. The van der Waals surface area contributed by atoms with Gasteiger partial charge in [0.05, 0.1) is 12.5 Å². The SMILES string of the molecule is COc1ccc2nc(C(C)Cl)n(CC3(C)CCCS3)c2n1. The third-order valence-electron chi connectivity index (χ3n) is 3.95. The van der Waals surface area contributed by atoms with Gasteiger partial charge in [-0.15, -0.1) is 11.6 Å². The topological polar surface area (TPSA) is 39.9 Å². The van der Waals surface area contributed by atoms with E-state index in [1.165, 1.54) is 18.6 Å². The molecule has 1 saturated heterocycles. The van der Waals surface area contributed by atoms with E-state index in [2.05, 4.69) is 21.5 Å². The summed E-state index contributed by atoms with van der Waals surface area (Å²) in [6.07, 6.45) is 2.49. The Labute approximate surface area is 134 Å². The van der Waals surface area contributed by atoms with Gasteiger partial charge in [0, 0.05) is 17.4 Å². The summed E-state index contributed by atoms with van der Waals surface area (Å²) in [4.78, 5) is 9.24. The predicted octanol–water partition coefficient (Wildman–Crippen LogP) is 4.03. The number of pyridine rings is 1. The molecule has 2 atom stereocenters. The van der Waals surface area contributed by atoms with Crippen LogP contribution >= 0.6 is 23.4 Å². The lowest BCUT2D eigenvalue weighted by Crippen LogP contribution is -2.25. The van der Waals surface area contributed by atoms with Gasteiger partial charge in [0.2, 0.25) is 5.88 Å². The average molecular weight is 326 g/mol. The molecule has 2 aromatic rings. The molecule has 4 nitrogen and oxygen atoms in total. The Bertz CT molecular complexity index is 650. The van der Waals surface area contributed by atoms with Crippen molar-refractivity contribution >= 4 is 34.5 Å². The Hall–Kier alpha value is -0.940. The summed E-state index contributed by atoms with van der Waals surface area (Å²) < 4.78 is 7.66. The van der Waals surface area contributed by atoms with Crippen molar-refractivity contribution in [3.63, 3.8) is 0 Å². The molecule has 1 fully saturated rings. The second-order valence-electron chi connectivity index (χ2n) is 5.77. The maximum absolute atomic E-state index is 6.34. The maximum atomic E-state index is 6.34. The number of imidazole rings is 1. The van der Waals surface area contributed by atoms with E-state index in [9.17, 15) is 0 Å². The standard InChI is InChI=1S/C15H20ClN3OS/c1-10(16)13-17-11-5-6-12(20-3)18-14(11)19(13)9-15(2)7-4-8-21-15/h5-6,10H,4,7-9H2,1-3H3. The van der Waals surface area contributed by atoms with Crippen LogP contribution in [0, 0.1) is 0 Å². The molecule has 0 spiro atoms. The monoisotopic (exact) mass is 325 g/mol. The molecule has 3 heterocycles. The van der Waals surface area contributed by atoms with E-state index < -0.39 is 0 Å². The highest BCUT2D eigenvalue weighted by atomic mass is 35.5. The summed E-state index contributed by atoms with van der Waals surface area (Å²) in [7, 11) is 1.63. The molecule has 21 heavy (non-hydrogen) atoms. The Morgan fingerprint density at radius 3 is 2.90 bits per heavy atom.